The van der Waals surface area contributed by atoms with Crippen LogP contribution in [0.4, 0.5) is 5.69 Å². The van der Waals surface area contributed by atoms with E-state index in [-0.39, 0.29) is 12.2 Å². The molecule has 1 saturated heterocycles. The third-order valence-corrected chi connectivity index (χ3v) is 8.26. The van der Waals surface area contributed by atoms with E-state index in [1.807, 2.05) is 28.6 Å². The number of fused-ring (bicyclic) bond motifs is 2. The fraction of sp³-hybridized carbons (Fsp3) is 0.522. The number of amides is 1. The fourth-order valence-electron chi connectivity index (χ4n) is 5.05. The number of rotatable bonds is 4. The molecular formula is C23H28N4O5S. The van der Waals surface area contributed by atoms with Gasteiger partial charge < -0.3 is 15.2 Å². The highest BCUT2D eigenvalue weighted by atomic mass is 32.2. The number of para-hydroxylation sites is 1. The molecule has 2 aliphatic heterocycles. The van der Waals surface area contributed by atoms with Gasteiger partial charge >= 0.3 is 0 Å². The molecule has 176 valence electrons. The Labute approximate surface area is 194 Å². The van der Waals surface area contributed by atoms with Crippen LogP contribution in [0, 0.1) is 0 Å². The average Bonchev–Trinajstić information content (AvgIpc) is 3.30. The van der Waals surface area contributed by atoms with Crippen LogP contribution in [0.3, 0.4) is 0 Å². The molecule has 1 saturated carbocycles. The van der Waals surface area contributed by atoms with E-state index < -0.39 is 33.8 Å². The third-order valence-electron chi connectivity index (χ3n) is 6.75. The van der Waals surface area contributed by atoms with Crippen LogP contribution in [0.5, 0.6) is 5.75 Å². The van der Waals surface area contributed by atoms with E-state index in [1.165, 1.54) is 4.57 Å². The number of benzene rings is 1. The van der Waals surface area contributed by atoms with Crippen LogP contribution in [0.2, 0.25) is 0 Å². The number of ether oxygens (including phenoxy) is 1. The Bertz CT molecular complexity index is 1160. The smallest absolute Gasteiger partial charge is 0.296 e. The quantitative estimate of drug-likeness (QED) is 0.703. The molecule has 1 aromatic heterocycles. The lowest BCUT2D eigenvalue weighted by Gasteiger charge is -2.35. The summed E-state index contributed by atoms with van der Waals surface area (Å²) in [5, 5.41) is 13.3. The van der Waals surface area contributed by atoms with Crippen molar-refractivity contribution in [2.75, 3.05) is 23.2 Å². The summed E-state index contributed by atoms with van der Waals surface area (Å²) in [6.07, 6.45) is 5.32. The molecule has 9 nitrogen and oxygen atoms in total. The minimum absolute atomic E-state index is 0.157. The second kappa shape index (κ2) is 8.90. The number of nitrogens with zero attached hydrogens (tertiary/aromatic N) is 3. The van der Waals surface area contributed by atoms with Crippen LogP contribution in [-0.4, -0.2) is 43.7 Å². The van der Waals surface area contributed by atoms with Crippen molar-refractivity contribution in [3.8, 4) is 5.75 Å². The molecule has 0 bridgehead atoms. The predicted octanol–water partition coefficient (Wildman–Crippen LogP) is 1.94. The third kappa shape index (κ3) is 3.95. The van der Waals surface area contributed by atoms with Crippen LogP contribution in [0.15, 0.2) is 29.1 Å². The van der Waals surface area contributed by atoms with Gasteiger partial charge in [-0.3, -0.25) is 18.5 Å². The van der Waals surface area contributed by atoms with Crippen molar-refractivity contribution in [1.82, 2.24) is 14.9 Å². The predicted molar refractivity (Wildman–Crippen MR) is 123 cm³/mol. The molecule has 1 amide bonds. The lowest BCUT2D eigenvalue weighted by Crippen LogP contribution is -2.44. The van der Waals surface area contributed by atoms with Crippen LogP contribution in [0.25, 0.3) is 0 Å². The summed E-state index contributed by atoms with van der Waals surface area (Å²) in [6, 6.07) is 7.51. The number of carbonyl (C=O) groups is 1. The standard InChI is InChI=1S/C23H28N4O5S/c28-19-18(25-22-23(9-3-4-10-23)32-13-12-26(22)21(19)30)20(29)24-15-16-7-1-2-8-17(16)27-11-5-6-14-33(27)31/h1-2,7-8,28H,3-6,9-15H2,(H,24,29). The first-order chi connectivity index (χ1) is 16.0. The Kier molecular flexibility index (Phi) is 5.96. The summed E-state index contributed by atoms with van der Waals surface area (Å²) in [7, 11) is -1.09. The fourth-order valence-corrected chi connectivity index (χ4v) is 6.46. The van der Waals surface area contributed by atoms with E-state index in [9.17, 15) is 18.9 Å². The van der Waals surface area contributed by atoms with Gasteiger partial charge in [-0.05, 0) is 50.2 Å². The highest BCUT2D eigenvalue weighted by molar-refractivity contribution is 7.86. The van der Waals surface area contributed by atoms with E-state index in [0.29, 0.717) is 31.3 Å². The number of carbonyl (C=O) groups excluding carboxylic acids is 1. The van der Waals surface area contributed by atoms with Crippen LogP contribution < -0.4 is 15.2 Å². The molecule has 5 rings (SSSR count). The van der Waals surface area contributed by atoms with E-state index in [0.717, 1.165) is 49.8 Å². The second-order valence-electron chi connectivity index (χ2n) is 8.79. The van der Waals surface area contributed by atoms with Crippen LogP contribution in [0.1, 0.15) is 60.4 Å². The second-order valence-corrected chi connectivity index (χ2v) is 10.3. The van der Waals surface area contributed by atoms with Crippen LogP contribution >= 0.6 is 0 Å². The Morgan fingerprint density at radius 2 is 1.97 bits per heavy atom. The SMILES string of the molecule is O=C(NCc1ccccc1N1CCCCS1=O)c1nc2n(c(=O)c1O)CCOC21CCCC1. The van der Waals surface area contributed by atoms with E-state index in [2.05, 4.69) is 10.3 Å². The Hall–Kier alpha value is -2.72. The molecule has 2 fully saturated rings. The number of hydrogen-bond acceptors (Lipinski definition) is 6. The maximum Gasteiger partial charge on any atom is 0.296 e. The first-order valence-electron chi connectivity index (χ1n) is 11.5. The topological polar surface area (TPSA) is 114 Å². The first kappa shape index (κ1) is 22.1. The Morgan fingerprint density at radius 1 is 1.18 bits per heavy atom. The van der Waals surface area contributed by atoms with Gasteiger partial charge in [0.05, 0.1) is 18.8 Å². The summed E-state index contributed by atoms with van der Waals surface area (Å²) in [6.45, 7) is 1.54. The summed E-state index contributed by atoms with van der Waals surface area (Å²) < 4.78 is 21.9. The van der Waals surface area contributed by atoms with Gasteiger partial charge in [-0.2, -0.15) is 0 Å². The lowest BCUT2D eigenvalue weighted by molar-refractivity contribution is -0.0789. The highest BCUT2D eigenvalue weighted by Crippen LogP contribution is 2.43. The molecule has 1 aliphatic carbocycles. The monoisotopic (exact) mass is 472 g/mol. The molecule has 1 aromatic carbocycles. The Morgan fingerprint density at radius 3 is 2.76 bits per heavy atom. The number of aromatic nitrogens is 2. The zero-order valence-electron chi connectivity index (χ0n) is 18.4. The van der Waals surface area contributed by atoms with Gasteiger partial charge in [-0.1, -0.05) is 18.2 Å². The maximum absolute atomic E-state index is 13.0. The maximum atomic E-state index is 13.0. The molecular weight excluding hydrogens is 444 g/mol. The van der Waals surface area contributed by atoms with Crippen molar-refractivity contribution in [1.29, 1.82) is 0 Å². The van der Waals surface area contributed by atoms with Crippen molar-refractivity contribution >= 4 is 22.6 Å². The van der Waals surface area contributed by atoms with Crippen LogP contribution in [-0.2, 0) is 34.4 Å². The molecule has 1 spiro atoms. The van der Waals surface area contributed by atoms with Gasteiger partial charge in [0, 0.05) is 18.8 Å². The average molecular weight is 473 g/mol. The molecule has 10 heteroatoms. The molecule has 1 unspecified atom stereocenters. The number of hydrogen-bond donors (Lipinski definition) is 2. The van der Waals surface area contributed by atoms with Crippen molar-refractivity contribution in [3.05, 3.63) is 51.7 Å². The number of nitrogens with one attached hydrogen (secondary N) is 1. The number of anilines is 1. The number of aromatic hydroxyl groups is 1. The van der Waals surface area contributed by atoms with Gasteiger partial charge in [0.25, 0.3) is 11.5 Å². The van der Waals surface area contributed by atoms with Gasteiger partial charge in [0.15, 0.2) is 5.69 Å². The minimum atomic E-state index is -1.09. The van der Waals surface area contributed by atoms with Gasteiger partial charge in [0.2, 0.25) is 5.75 Å². The first-order valence-corrected chi connectivity index (χ1v) is 12.8. The van der Waals surface area contributed by atoms with Gasteiger partial charge in [-0.15, -0.1) is 0 Å². The highest BCUT2D eigenvalue weighted by Gasteiger charge is 2.44. The van der Waals surface area contributed by atoms with Gasteiger partial charge in [-0.25, -0.2) is 9.19 Å². The van der Waals surface area contributed by atoms with Crippen molar-refractivity contribution in [2.24, 2.45) is 0 Å². The Balaban J connectivity index is 1.41. The van der Waals surface area contributed by atoms with Crippen molar-refractivity contribution in [3.63, 3.8) is 0 Å². The van der Waals surface area contributed by atoms with Crippen molar-refractivity contribution in [2.45, 2.75) is 57.2 Å². The largest absolute Gasteiger partial charge is 0.501 e. The lowest BCUT2D eigenvalue weighted by atomic mass is 9.99. The molecule has 33 heavy (non-hydrogen) atoms. The van der Waals surface area contributed by atoms with E-state index in [4.69, 9.17) is 4.74 Å². The van der Waals surface area contributed by atoms with E-state index in [1.54, 1.807) is 0 Å². The summed E-state index contributed by atoms with van der Waals surface area (Å²) in [5.74, 6) is -0.206. The molecule has 0 radical (unpaired) electrons. The summed E-state index contributed by atoms with van der Waals surface area (Å²) in [5.41, 5.74) is 0.0824. The van der Waals surface area contributed by atoms with Gasteiger partial charge in [0.1, 0.15) is 22.4 Å². The normalized spacial score (nSPS) is 21.7. The summed E-state index contributed by atoms with van der Waals surface area (Å²) in [4.78, 5) is 30.3. The summed E-state index contributed by atoms with van der Waals surface area (Å²) >= 11 is 0. The zero-order valence-corrected chi connectivity index (χ0v) is 19.2. The zero-order chi connectivity index (χ0) is 23.0. The molecule has 2 N–H and O–H groups in total. The molecule has 3 aliphatic rings. The molecule has 2 aromatic rings. The molecule has 1 atom stereocenters. The van der Waals surface area contributed by atoms with Crippen molar-refractivity contribution < 1.29 is 18.8 Å². The van der Waals surface area contributed by atoms with E-state index >= 15 is 0 Å². The minimum Gasteiger partial charge on any atom is -0.501 e. The molecule has 3 heterocycles.